The molecule has 1 aliphatic rings. The number of hydrogen-bond acceptors (Lipinski definition) is 4. The summed E-state index contributed by atoms with van der Waals surface area (Å²) in [7, 11) is 0. The van der Waals surface area contributed by atoms with Crippen LogP contribution >= 0.6 is 0 Å². The number of rotatable bonds is 10. The molecule has 0 amide bonds. The van der Waals surface area contributed by atoms with Crippen LogP contribution in [0.25, 0.3) is 10.8 Å². The van der Waals surface area contributed by atoms with Crippen LogP contribution in [0.1, 0.15) is 38.7 Å². The molecule has 2 aromatic rings. The highest BCUT2D eigenvalue weighted by Crippen LogP contribution is 2.25. The van der Waals surface area contributed by atoms with Crippen LogP contribution in [0, 0.1) is 5.92 Å². The Kier molecular flexibility index (Phi) is 7.87. The molecular weight excluding hydrogens is 350 g/mol. The molecule has 0 unspecified atom stereocenters. The summed E-state index contributed by atoms with van der Waals surface area (Å²) in [6.07, 6.45) is 3.76. The molecule has 0 N–H and O–H groups in total. The second-order valence-corrected chi connectivity index (χ2v) is 7.65. The van der Waals surface area contributed by atoms with Crippen LogP contribution in [0.5, 0.6) is 0 Å². The minimum Gasteiger partial charge on any atom is -0.464 e. The smallest absolute Gasteiger partial charge is 0.309 e. The van der Waals surface area contributed by atoms with Gasteiger partial charge in [0, 0.05) is 13.2 Å². The molecule has 0 radical (unpaired) electrons. The molecule has 4 heteroatoms. The van der Waals surface area contributed by atoms with Crippen LogP contribution < -0.4 is 0 Å². The number of carbonyl (C=O) groups excluding carboxylic acids is 1. The highest BCUT2D eigenvalue weighted by atomic mass is 16.5. The van der Waals surface area contributed by atoms with Crippen LogP contribution in [0.2, 0.25) is 0 Å². The first kappa shape index (κ1) is 20.8. The summed E-state index contributed by atoms with van der Waals surface area (Å²) in [4.78, 5) is 15.1. The second-order valence-electron chi connectivity index (χ2n) is 7.65. The van der Waals surface area contributed by atoms with Crippen molar-refractivity contribution in [3.05, 3.63) is 48.0 Å². The molecule has 1 fully saturated rings. The predicted octanol–water partition coefficient (Wildman–Crippen LogP) is 4.45. The van der Waals surface area contributed by atoms with Crippen molar-refractivity contribution in [3.63, 3.8) is 0 Å². The van der Waals surface area contributed by atoms with Crippen LogP contribution in [-0.2, 0) is 20.7 Å². The van der Waals surface area contributed by atoms with Crippen LogP contribution in [0.3, 0.4) is 0 Å². The molecule has 2 atom stereocenters. The predicted molar refractivity (Wildman–Crippen MR) is 113 cm³/mol. The average Bonchev–Trinajstić information content (AvgIpc) is 3.23. The van der Waals surface area contributed by atoms with Crippen molar-refractivity contribution in [2.45, 2.75) is 45.6 Å². The monoisotopic (exact) mass is 383 g/mol. The zero-order chi connectivity index (χ0) is 19.8. The fraction of sp³-hybridized carbons (Fsp3) is 0.542. The van der Waals surface area contributed by atoms with Gasteiger partial charge in [0.05, 0.1) is 12.0 Å². The number of carbonyl (C=O) groups is 1. The molecule has 3 rings (SSSR count). The van der Waals surface area contributed by atoms with E-state index < -0.39 is 0 Å². The number of ether oxygens (including phenoxy) is 2. The third-order valence-electron chi connectivity index (χ3n) is 5.75. The van der Waals surface area contributed by atoms with Gasteiger partial charge in [-0.2, -0.15) is 0 Å². The van der Waals surface area contributed by atoms with Gasteiger partial charge in [0.25, 0.3) is 0 Å². The Balaban J connectivity index is 1.65. The Morgan fingerprint density at radius 2 is 1.96 bits per heavy atom. The minimum absolute atomic E-state index is 0.0872. The number of nitrogens with zero attached hydrogens (tertiary/aromatic N) is 1. The van der Waals surface area contributed by atoms with E-state index in [9.17, 15) is 4.79 Å². The number of fused-ring (bicyclic) bond motifs is 1. The largest absolute Gasteiger partial charge is 0.464 e. The zero-order valence-electron chi connectivity index (χ0n) is 17.2. The van der Waals surface area contributed by atoms with Crippen molar-refractivity contribution in [1.29, 1.82) is 0 Å². The van der Waals surface area contributed by atoms with Crippen molar-refractivity contribution >= 4 is 16.7 Å². The van der Waals surface area contributed by atoms with E-state index in [4.69, 9.17) is 9.47 Å². The molecule has 152 valence electrons. The molecule has 0 aliphatic carbocycles. The molecule has 1 saturated heterocycles. The lowest BCUT2D eigenvalue weighted by Gasteiger charge is -2.21. The SMILES string of the molecule is CCN(CC)CCOC(=O)[C@@H](Cc1ccc2ccccc2c1)C[C@@H]1CCCO1. The van der Waals surface area contributed by atoms with E-state index in [1.54, 1.807) is 0 Å². The maximum Gasteiger partial charge on any atom is 0.309 e. The van der Waals surface area contributed by atoms with Gasteiger partial charge in [-0.1, -0.05) is 56.3 Å². The van der Waals surface area contributed by atoms with Gasteiger partial charge in [0.15, 0.2) is 0 Å². The molecular formula is C24H33NO3. The topological polar surface area (TPSA) is 38.8 Å². The Hall–Kier alpha value is -1.91. The average molecular weight is 384 g/mol. The maximum atomic E-state index is 12.9. The van der Waals surface area contributed by atoms with Crippen molar-refractivity contribution in [1.82, 2.24) is 4.90 Å². The van der Waals surface area contributed by atoms with E-state index in [0.717, 1.165) is 45.5 Å². The lowest BCUT2D eigenvalue weighted by atomic mass is 9.92. The molecule has 28 heavy (non-hydrogen) atoms. The number of esters is 1. The van der Waals surface area contributed by atoms with Gasteiger partial charge in [-0.05, 0) is 55.1 Å². The van der Waals surface area contributed by atoms with Crippen LogP contribution in [0.15, 0.2) is 42.5 Å². The summed E-state index contributed by atoms with van der Waals surface area (Å²) in [5, 5.41) is 2.44. The van der Waals surface area contributed by atoms with E-state index in [0.29, 0.717) is 13.0 Å². The lowest BCUT2D eigenvalue weighted by molar-refractivity contribution is -0.150. The first-order valence-electron chi connectivity index (χ1n) is 10.7. The third kappa shape index (κ3) is 5.79. The standard InChI is InChI=1S/C24H33NO3/c1-3-25(4-2)13-15-28-24(26)22(18-23-10-7-14-27-23)17-19-11-12-20-8-5-6-9-21(20)16-19/h5-6,8-9,11-12,16,22-23H,3-4,7,10,13-15,17-18H2,1-2H3/t22-,23-/m0/s1. The fourth-order valence-electron chi connectivity index (χ4n) is 3.99. The quantitative estimate of drug-likeness (QED) is 0.568. The van der Waals surface area contributed by atoms with Gasteiger partial charge in [0.1, 0.15) is 6.61 Å². The van der Waals surface area contributed by atoms with Gasteiger partial charge in [-0.25, -0.2) is 0 Å². The van der Waals surface area contributed by atoms with E-state index in [-0.39, 0.29) is 18.0 Å². The Morgan fingerprint density at radius 3 is 2.68 bits per heavy atom. The summed E-state index contributed by atoms with van der Waals surface area (Å²) in [6, 6.07) is 14.8. The Morgan fingerprint density at radius 1 is 1.18 bits per heavy atom. The van der Waals surface area contributed by atoms with E-state index in [1.165, 1.54) is 16.3 Å². The highest BCUT2D eigenvalue weighted by Gasteiger charge is 2.27. The summed E-state index contributed by atoms with van der Waals surface area (Å²) in [6.45, 7) is 8.28. The molecule has 4 nitrogen and oxygen atoms in total. The third-order valence-corrected chi connectivity index (χ3v) is 5.75. The molecule has 1 aliphatic heterocycles. The molecule has 0 aromatic heterocycles. The van der Waals surface area contributed by atoms with Gasteiger partial charge in [-0.15, -0.1) is 0 Å². The number of benzene rings is 2. The van der Waals surface area contributed by atoms with Gasteiger partial charge < -0.3 is 14.4 Å². The first-order valence-corrected chi connectivity index (χ1v) is 10.7. The second kappa shape index (κ2) is 10.6. The number of hydrogen-bond donors (Lipinski definition) is 0. The van der Waals surface area contributed by atoms with E-state index in [1.807, 2.05) is 0 Å². The van der Waals surface area contributed by atoms with Crippen molar-refractivity contribution in [2.24, 2.45) is 5.92 Å². The number of likely N-dealkylation sites (N-methyl/N-ethyl adjacent to an activating group) is 1. The van der Waals surface area contributed by atoms with Gasteiger partial charge >= 0.3 is 5.97 Å². The summed E-state index contributed by atoms with van der Waals surface area (Å²) in [5.74, 6) is -0.239. The molecule has 0 saturated carbocycles. The van der Waals surface area contributed by atoms with E-state index >= 15 is 0 Å². The lowest BCUT2D eigenvalue weighted by Crippen LogP contribution is -2.30. The summed E-state index contributed by atoms with van der Waals surface area (Å²) < 4.78 is 11.5. The molecule has 0 bridgehead atoms. The Bertz CT molecular complexity index is 750. The zero-order valence-corrected chi connectivity index (χ0v) is 17.2. The normalized spacial score (nSPS) is 17.9. The summed E-state index contributed by atoms with van der Waals surface area (Å²) in [5.41, 5.74) is 1.18. The first-order chi connectivity index (χ1) is 13.7. The van der Waals surface area contributed by atoms with Crippen molar-refractivity contribution in [3.8, 4) is 0 Å². The van der Waals surface area contributed by atoms with Crippen LogP contribution in [-0.4, -0.2) is 49.8 Å². The summed E-state index contributed by atoms with van der Waals surface area (Å²) >= 11 is 0. The molecule has 2 aromatic carbocycles. The van der Waals surface area contributed by atoms with Gasteiger partial charge in [0.2, 0.25) is 0 Å². The highest BCUT2D eigenvalue weighted by molar-refractivity contribution is 5.83. The van der Waals surface area contributed by atoms with Gasteiger partial charge in [-0.3, -0.25) is 4.79 Å². The van der Waals surface area contributed by atoms with Crippen LogP contribution in [0.4, 0.5) is 0 Å². The minimum atomic E-state index is -0.152. The van der Waals surface area contributed by atoms with Crippen molar-refractivity contribution < 1.29 is 14.3 Å². The molecule has 1 heterocycles. The van der Waals surface area contributed by atoms with Crippen molar-refractivity contribution in [2.75, 3.05) is 32.8 Å². The fourth-order valence-corrected chi connectivity index (χ4v) is 3.99. The molecule has 0 spiro atoms. The maximum absolute atomic E-state index is 12.9. The van der Waals surface area contributed by atoms with E-state index in [2.05, 4.69) is 61.2 Å². The Labute approximate surface area is 168 Å².